The minimum atomic E-state index is -0.554. The largest absolute Gasteiger partial charge is 0.423 e. The van der Waals surface area contributed by atoms with Crippen molar-refractivity contribution >= 4 is 11.9 Å². The predicted octanol–water partition coefficient (Wildman–Crippen LogP) is 9.67. The molecule has 1 heterocycles. The van der Waals surface area contributed by atoms with Gasteiger partial charge in [0.25, 0.3) is 0 Å². The lowest BCUT2D eigenvalue weighted by Gasteiger charge is -2.28. The molecule has 3 aromatic rings. The molecule has 0 N–H and O–H groups in total. The summed E-state index contributed by atoms with van der Waals surface area (Å²) in [4.78, 5) is 29.6. The van der Waals surface area contributed by atoms with Gasteiger partial charge in [0, 0.05) is 6.20 Å². The third-order valence-electron chi connectivity index (χ3n) is 9.42. The second-order valence-corrected chi connectivity index (χ2v) is 12.4. The van der Waals surface area contributed by atoms with Gasteiger partial charge in [0.05, 0.1) is 5.56 Å². The Kier molecular flexibility index (Phi) is 10.4. The van der Waals surface area contributed by atoms with Crippen LogP contribution in [0.5, 0.6) is 11.5 Å². The molecule has 0 unspecified atom stereocenters. The summed E-state index contributed by atoms with van der Waals surface area (Å²) >= 11 is 0. The number of hydrogen-bond donors (Lipinski definition) is 0. The minimum Gasteiger partial charge on any atom is -0.423 e. The smallest absolute Gasteiger partial charge is 0.362 e. The Balaban J connectivity index is 1.09. The van der Waals surface area contributed by atoms with Gasteiger partial charge in [-0.05, 0) is 123 Å². The van der Waals surface area contributed by atoms with Gasteiger partial charge in [-0.3, -0.25) is 0 Å². The van der Waals surface area contributed by atoms with Crippen LogP contribution in [-0.4, -0.2) is 16.9 Å². The molecule has 5 nitrogen and oxygen atoms in total. The van der Waals surface area contributed by atoms with E-state index in [1.807, 2.05) is 24.3 Å². The molecular formula is C37H45NO4. The molecule has 0 bridgehead atoms. The number of benzene rings is 2. The topological polar surface area (TPSA) is 65.5 Å². The van der Waals surface area contributed by atoms with E-state index in [4.69, 9.17) is 9.47 Å². The van der Waals surface area contributed by atoms with Crippen molar-refractivity contribution in [3.8, 4) is 11.5 Å². The maximum absolute atomic E-state index is 12.7. The highest BCUT2D eigenvalue weighted by Gasteiger charge is 2.23. The average Bonchev–Trinajstić information content (AvgIpc) is 3.03. The van der Waals surface area contributed by atoms with Crippen molar-refractivity contribution in [1.82, 2.24) is 4.98 Å². The third-order valence-corrected chi connectivity index (χ3v) is 9.42. The Bertz CT molecular complexity index is 1180. The van der Waals surface area contributed by atoms with Crippen molar-refractivity contribution in [3.63, 3.8) is 0 Å². The van der Waals surface area contributed by atoms with Gasteiger partial charge < -0.3 is 9.47 Å². The summed E-state index contributed by atoms with van der Waals surface area (Å²) in [6, 6.07) is 18.8. The number of rotatable bonds is 10. The zero-order chi connectivity index (χ0) is 29.3. The van der Waals surface area contributed by atoms with Crippen LogP contribution in [0, 0.1) is 11.8 Å². The second-order valence-electron chi connectivity index (χ2n) is 12.4. The van der Waals surface area contributed by atoms with Crippen LogP contribution >= 0.6 is 0 Å². The highest BCUT2D eigenvalue weighted by Crippen LogP contribution is 2.39. The van der Waals surface area contributed by atoms with Gasteiger partial charge >= 0.3 is 11.9 Å². The van der Waals surface area contributed by atoms with Crippen LogP contribution in [-0.2, 0) is 0 Å². The van der Waals surface area contributed by atoms with E-state index < -0.39 is 11.9 Å². The van der Waals surface area contributed by atoms with E-state index >= 15 is 0 Å². The van der Waals surface area contributed by atoms with E-state index in [2.05, 4.69) is 43.1 Å². The Morgan fingerprint density at radius 3 is 1.48 bits per heavy atom. The van der Waals surface area contributed by atoms with Gasteiger partial charge in [-0.2, -0.15) is 0 Å². The first-order chi connectivity index (χ1) is 20.5. The number of ether oxygens (including phenoxy) is 2. The summed E-state index contributed by atoms with van der Waals surface area (Å²) in [5.74, 6) is 2.87. The van der Waals surface area contributed by atoms with Crippen LogP contribution in [0.2, 0.25) is 0 Å². The second kappa shape index (κ2) is 14.6. The first-order valence-corrected chi connectivity index (χ1v) is 16.1. The van der Waals surface area contributed by atoms with Crippen molar-refractivity contribution in [2.45, 2.75) is 103 Å². The summed E-state index contributed by atoms with van der Waals surface area (Å²) in [7, 11) is 0. The molecular weight excluding hydrogens is 522 g/mol. The molecule has 2 aliphatic carbocycles. The summed E-state index contributed by atoms with van der Waals surface area (Å²) in [5, 5.41) is 0. The predicted molar refractivity (Wildman–Crippen MR) is 166 cm³/mol. The molecule has 0 spiro atoms. The zero-order valence-corrected chi connectivity index (χ0v) is 25.2. The third kappa shape index (κ3) is 7.87. The molecule has 1 aromatic heterocycles. The molecule has 0 amide bonds. The van der Waals surface area contributed by atoms with Crippen molar-refractivity contribution in [1.29, 1.82) is 0 Å². The Hall–Kier alpha value is -3.47. The molecule has 2 saturated carbocycles. The first-order valence-electron chi connectivity index (χ1n) is 16.1. The normalized spacial score (nSPS) is 22.3. The SMILES string of the molecule is CCCC1CCC(c2ccc(OC(=O)c3ccc(C(=O)Oc4ccc(C5CCC(CCC)CC5)cc4)nc3)cc2)CC1. The van der Waals surface area contributed by atoms with Crippen molar-refractivity contribution < 1.29 is 19.1 Å². The van der Waals surface area contributed by atoms with E-state index in [9.17, 15) is 9.59 Å². The van der Waals surface area contributed by atoms with E-state index in [0.29, 0.717) is 23.3 Å². The van der Waals surface area contributed by atoms with E-state index in [0.717, 1.165) is 11.8 Å². The fraction of sp³-hybridized carbons (Fsp3) is 0.486. The maximum atomic E-state index is 12.7. The Morgan fingerprint density at radius 2 is 1.07 bits per heavy atom. The number of pyridine rings is 1. The summed E-state index contributed by atoms with van der Waals surface area (Å²) < 4.78 is 11.1. The molecule has 2 aromatic carbocycles. The van der Waals surface area contributed by atoms with Crippen molar-refractivity contribution in [3.05, 3.63) is 89.2 Å². The lowest BCUT2D eigenvalue weighted by atomic mass is 9.77. The van der Waals surface area contributed by atoms with Crippen LogP contribution in [0.25, 0.3) is 0 Å². The van der Waals surface area contributed by atoms with Gasteiger partial charge in [0.1, 0.15) is 17.2 Å². The molecule has 2 fully saturated rings. The highest BCUT2D eigenvalue weighted by atomic mass is 16.5. The van der Waals surface area contributed by atoms with Crippen LogP contribution < -0.4 is 9.47 Å². The number of aromatic nitrogens is 1. The standard InChI is InChI=1S/C37H45NO4/c1-3-5-26-7-11-28(12-8-26)30-15-20-33(21-16-30)41-36(39)32-19-24-35(38-25-32)37(40)42-34-22-17-31(18-23-34)29-13-9-27(6-4-2)10-14-29/h15-29H,3-14H2,1-2H3. The lowest BCUT2D eigenvalue weighted by Crippen LogP contribution is -2.14. The van der Waals surface area contributed by atoms with Gasteiger partial charge in [-0.15, -0.1) is 0 Å². The maximum Gasteiger partial charge on any atom is 0.362 e. The molecule has 222 valence electrons. The monoisotopic (exact) mass is 567 g/mol. The Morgan fingerprint density at radius 1 is 0.619 bits per heavy atom. The molecule has 0 atom stereocenters. The summed E-state index contributed by atoms with van der Waals surface area (Å²) in [6.07, 6.45) is 16.7. The number of esters is 2. The van der Waals surface area contributed by atoms with E-state index in [1.165, 1.54) is 100 Å². The first kappa shape index (κ1) is 30.0. The van der Waals surface area contributed by atoms with E-state index in [1.54, 1.807) is 6.07 Å². The zero-order valence-electron chi connectivity index (χ0n) is 25.2. The minimum absolute atomic E-state index is 0.142. The number of nitrogens with zero attached hydrogens (tertiary/aromatic N) is 1. The highest BCUT2D eigenvalue weighted by molar-refractivity contribution is 5.93. The van der Waals surface area contributed by atoms with E-state index in [-0.39, 0.29) is 11.3 Å². The van der Waals surface area contributed by atoms with Gasteiger partial charge in [-0.25, -0.2) is 14.6 Å². The molecule has 5 rings (SSSR count). The lowest BCUT2D eigenvalue weighted by molar-refractivity contribution is 0.0715. The fourth-order valence-electron chi connectivity index (χ4n) is 6.96. The molecule has 2 aliphatic rings. The summed E-state index contributed by atoms with van der Waals surface area (Å²) in [6.45, 7) is 4.53. The number of carbonyl (C=O) groups is 2. The number of hydrogen-bond acceptors (Lipinski definition) is 5. The van der Waals surface area contributed by atoms with Crippen molar-refractivity contribution in [2.75, 3.05) is 0 Å². The molecule has 42 heavy (non-hydrogen) atoms. The number of carbonyl (C=O) groups excluding carboxylic acids is 2. The Labute approximate surface area is 251 Å². The van der Waals surface area contributed by atoms with Crippen molar-refractivity contribution in [2.24, 2.45) is 11.8 Å². The molecule has 0 saturated heterocycles. The van der Waals surface area contributed by atoms with Crippen LogP contribution in [0.3, 0.4) is 0 Å². The van der Waals surface area contributed by atoms with Gasteiger partial charge in [-0.1, -0.05) is 63.8 Å². The molecule has 0 aliphatic heterocycles. The molecule has 0 radical (unpaired) electrons. The van der Waals surface area contributed by atoms with Gasteiger partial charge in [0.15, 0.2) is 0 Å². The summed E-state index contributed by atoms with van der Waals surface area (Å²) in [5.41, 5.74) is 3.05. The quantitative estimate of drug-likeness (QED) is 0.180. The van der Waals surface area contributed by atoms with Crippen LogP contribution in [0.15, 0.2) is 66.9 Å². The fourth-order valence-corrected chi connectivity index (χ4v) is 6.96. The van der Waals surface area contributed by atoms with Crippen LogP contribution in [0.4, 0.5) is 0 Å². The van der Waals surface area contributed by atoms with Gasteiger partial charge in [0.2, 0.25) is 0 Å². The van der Waals surface area contributed by atoms with Crippen LogP contribution in [0.1, 0.15) is 135 Å². The molecule has 5 heteroatoms. The average molecular weight is 568 g/mol.